The van der Waals surface area contributed by atoms with E-state index < -0.39 is 0 Å². The highest BCUT2D eigenvalue weighted by molar-refractivity contribution is 5.26. The van der Waals surface area contributed by atoms with E-state index in [1.807, 2.05) is 19.1 Å². The molecule has 1 nitrogen and oxygen atoms in total. The zero-order chi connectivity index (χ0) is 11.3. The average Bonchev–Trinajstić information content (AvgIpc) is 2.22. The first-order valence-corrected chi connectivity index (χ1v) is 5.61. The van der Waals surface area contributed by atoms with Gasteiger partial charge in [-0.3, -0.25) is 0 Å². The number of rotatable bonds is 5. The van der Waals surface area contributed by atoms with Crippen LogP contribution in [0.1, 0.15) is 43.2 Å². The van der Waals surface area contributed by atoms with Gasteiger partial charge in [-0.1, -0.05) is 25.5 Å². The van der Waals surface area contributed by atoms with Crippen molar-refractivity contribution in [2.24, 2.45) is 5.73 Å². The molecule has 0 heterocycles. The summed E-state index contributed by atoms with van der Waals surface area (Å²) < 4.78 is 13.1. The second kappa shape index (κ2) is 5.86. The highest BCUT2D eigenvalue weighted by atomic mass is 19.1. The molecule has 15 heavy (non-hydrogen) atoms. The predicted octanol–water partition coefficient (Wildman–Crippen LogP) is 3.37. The minimum Gasteiger partial charge on any atom is -0.330 e. The molecule has 1 atom stereocenters. The van der Waals surface area contributed by atoms with E-state index in [0.717, 1.165) is 31.4 Å². The van der Waals surface area contributed by atoms with Gasteiger partial charge in [-0.15, -0.1) is 0 Å². The molecule has 0 aliphatic heterocycles. The monoisotopic (exact) mass is 209 g/mol. The molecule has 0 aliphatic rings. The van der Waals surface area contributed by atoms with Crippen molar-refractivity contribution in [2.75, 3.05) is 6.54 Å². The van der Waals surface area contributed by atoms with Gasteiger partial charge in [0.2, 0.25) is 0 Å². The molecule has 0 spiro atoms. The van der Waals surface area contributed by atoms with Crippen LogP contribution in [0.3, 0.4) is 0 Å². The smallest absolute Gasteiger partial charge is 0.126 e. The number of benzene rings is 1. The van der Waals surface area contributed by atoms with Crippen LogP contribution in [-0.4, -0.2) is 6.54 Å². The van der Waals surface area contributed by atoms with Gasteiger partial charge in [0.15, 0.2) is 0 Å². The molecule has 0 radical (unpaired) electrons. The van der Waals surface area contributed by atoms with Gasteiger partial charge in [0.1, 0.15) is 5.82 Å². The van der Waals surface area contributed by atoms with E-state index in [1.54, 1.807) is 6.07 Å². The Hall–Kier alpha value is -0.890. The second-order valence-electron chi connectivity index (χ2n) is 4.19. The van der Waals surface area contributed by atoms with Gasteiger partial charge >= 0.3 is 0 Å². The molecule has 0 saturated carbocycles. The lowest BCUT2D eigenvalue weighted by atomic mass is 9.94. The van der Waals surface area contributed by atoms with Gasteiger partial charge < -0.3 is 5.73 Å². The zero-order valence-electron chi connectivity index (χ0n) is 9.59. The van der Waals surface area contributed by atoms with E-state index in [-0.39, 0.29) is 5.82 Å². The van der Waals surface area contributed by atoms with Crippen molar-refractivity contribution in [3.63, 3.8) is 0 Å². The van der Waals surface area contributed by atoms with Gasteiger partial charge in [0.05, 0.1) is 0 Å². The third-order valence-electron chi connectivity index (χ3n) is 2.84. The normalized spacial score (nSPS) is 12.8. The number of hydrogen-bond acceptors (Lipinski definition) is 1. The Morgan fingerprint density at radius 2 is 2.07 bits per heavy atom. The molecular weight excluding hydrogens is 189 g/mol. The molecule has 2 heteroatoms. The van der Waals surface area contributed by atoms with Crippen LogP contribution in [0, 0.1) is 12.7 Å². The molecular formula is C13H20FN. The van der Waals surface area contributed by atoms with Crippen molar-refractivity contribution in [1.82, 2.24) is 0 Å². The molecule has 0 bridgehead atoms. The maximum atomic E-state index is 13.1. The SMILES string of the molecule is Cc1cc(C(C)CCCCN)ccc1F. The van der Waals surface area contributed by atoms with E-state index >= 15 is 0 Å². The van der Waals surface area contributed by atoms with Crippen molar-refractivity contribution in [3.8, 4) is 0 Å². The fourth-order valence-electron chi connectivity index (χ4n) is 1.74. The van der Waals surface area contributed by atoms with Crippen LogP contribution in [0.4, 0.5) is 4.39 Å². The highest BCUT2D eigenvalue weighted by Gasteiger charge is 2.06. The third kappa shape index (κ3) is 3.63. The maximum Gasteiger partial charge on any atom is 0.126 e. The molecule has 0 aliphatic carbocycles. The highest BCUT2D eigenvalue weighted by Crippen LogP contribution is 2.22. The lowest BCUT2D eigenvalue weighted by Gasteiger charge is -2.12. The Bertz CT molecular complexity index is 309. The summed E-state index contributed by atoms with van der Waals surface area (Å²) in [6, 6.07) is 5.39. The Morgan fingerprint density at radius 1 is 1.33 bits per heavy atom. The molecule has 1 aromatic carbocycles. The number of unbranched alkanes of at least 4 members (excludes halogenated alkanes) is 1. The lowest BCUT2D eigenvalue weighted by molar-refractivity contribution is 0.598. The first-order chi connectivity index (χ1) is 7.15. The molecule has 1 rings (SSSR count). The number of nitrogens with two attached hydrogens (primary N) is 1. The fourth-order valence-corrected chi connectivity index (χ4v) is 1.74. The minimum absolute atomic E-state index is 0.118. The maximum absolute atomic E-state index is 13.1. The van der Waals surface area contributed by atoms with Crippen molar-refractivity contribution >= 4 is 0 Å². The summed E-state index contributed by atoms with van der Waals surface area (Å²) in [5.41, 5.74) is 7.41. The van der Waals surface area contributed by atoms with E-state index in [0.29, 0.717) is 5.92 Å². The molecule has 84 valence electrons. The minimum atomic E-state index is -0.118. The summed E-state index contributed by atoms with van der Waals surface area (Å²) in [4.78, 5) is 0. The van der Waals surface area contributed by atoms with E-state index in [9.17, 15) is 4.39 Å². The topological polar surface area (TPSA) is 26.0 Å². The molecule has 0 aromatic heterocycles. The largest absolute Gasteiger partial charge is 0.330 e. The molecule has 0 fully saturated rings. The first-order valence-electron chi connectivity index (χ1n) is 5.61. The molecule has 1 aromatic rings. The van der Waals surface area contributed by atoms with Gasteiger partial charge in [0, 0.05) is 0 Å². The lowest BCUT2D eigenvalue weighted by Crippen LogP contribution is -2.00. The second-order valence-corrected chi connectivity index (χ2v) is 4.19. The van der Waals surface area contributed by atoms with E-state index in [4.69, 9.17) is 5.73 Å². The fraction of sp³-hybridized carbons (Fsp3) is 0.538. The Morgan fingerprint density at radius 3 is 2.67 bits per heavy atom. The Kier molecular flexibility index (Phi) is 4.76. The summed E-state index contributed by atoms with van der Waals surface area (Å²) in [6.45, 7) is 4.75. The molecule has 1 unspecified atom stereocenters. The zero-order valence-corrected chi connectivity index (χ0v) is 9.59. The predicted molar refractivity (Wildman–Crippen MR) is 62.5 cm³/mol. The summed E-state index contributed by atoms with van der Waals surface area (Å²) in [5, 5.41) is 0. The summed E-state index contributed by atoms with van der Waals surface area (Å²) >= 11 is 0. The van der Waals surface area contributed by atoms with Crippen molar-refractivity contribution in [2.45, 2.75) is 39.0 Å². The molecule has 0 amide bonds. The van der Waals surface area contributed by atoms with Gasteiger partial charge in [-0.2, -0.15) is 0 Å². The van der Waals surface area contributed by atoms with Crippen molar-refractivity contribution < 1.29 is 4.39 Å². The summed E-state index contributed by atoms with van der Waals surface area (Å²) in [7, 11) is 0. The van der Waals surface area contributed by atoms with Crippen LogP contribution in [0.15, 0.2) is 18.2 Å². The number of hydrogen-bond donors (Lipinski definition) is 1. The third-order valence-corrected chi connectivity index (χ3v) is 2.84. The van der Waals surface area contributed by atoms with Crippen LogP contribution >= 0.6 is 0 Å². The van der Waals surface area contributed by atoms with Gasteiger partial charge in [0.25, 0.3) is 0 Å². The first kappa shape index (κ1) is 12.2. The van der Waals surface area contributed by atoms with Crippen LogP contribution < -0.4 is 5.73 Å². The quantitative estimate of drug-likeness (QED) is 0.739. The van der Waals surface area contributed by atoms with Crippen LogP contribution in [-0.2, 0) is 0 Å². The number of aryl methyl sites for hydroxylation is 1. The number of halogens is 1. The summed E-state index contributed by atoms with van der Waals surface area (Å²) in [6.07, 6.45) is 3.35. The van der Waals surface area contributed by atoms with Crippen LogP contribution in [0.25, 0.3) is 0 Å². The van der Waals surface area contributed by atoms with Crippen LogP contribution in [0.2, 0.25) is 0 Å². The van der Waals surface area contributed by atoms with Crippen molar-refractivity contribution in [3.05, 3.63) is 35.1 Å². The van der Waals surface area contributed by atoms with Crippen LogP contribution in [0.5, 0.6) is 0 Å². The molecule has 0 saturated heterocycles. The Balaban J connectivity index is 2.57. The van der Waals surface area contributed by atoms with E-state index in [2.05, 4.69) is 6.92 Å². The standard InChI is InChI=1S/C13H20FN/c1-10(5-3-4-8-15)12-6-7-13(14)11(2)9-12/h6-7,9-10H,3-5,8,15H2,1-2H3. The molecule has 2 N–H and O–H groups in total. The van der Waals surface area contributed by atoms with Crippen molar-refractivity contribution in [1.29, 1.82) is 0 Å². The average molecular weight is 209 g/mol. The summed E-state index contributed by atoms with van der Waals surface area (Å²) in [5.74, 6) is 0.378. The van der Waals surface area contributed by atoms with E-state index in [1.165, 1.54) is 5.56 Å². The van der Waals surface area contributed by atoms with Gasteiger partial charge in [-0.25, -0.2) is 4.39 Å². The Labute approximate surface area is 91.5 Å². The van der Waals surface area contributed by atoms with Gasteiger partial charge in [-0.05, 0) is 49.4 Å².